The molecule has 0 spiro atoms. The summed E-state index contributed by atoms with van der Waals surface area (Å²) >= 11 is 3.40. The molecular formula is C38H26O2S2. The van der Waals surface area contributed by atoms with Gasteiger partial charge in [0.2, 0.25) is 0 Å². The van der Waals surface area contributed by atoms with E-state index in [1.165, 1.54) is 0 Å². The van der Waals surface area contributed by atoms with E-state index in [1.807, 2.05) is 97.1 Å². The molecule has 202 valence electrons. The maximum absolute atomic E-state index is 12.3. The van der Waals surface area contributed by atoms with Gasteiger partial charge in [0.25, 0.3) is 0 Å². The monoisotopic (exact) mass is 578 g/mol. The summed E-state index contributed by atoms with van der Waals surface area (Å²) in [5.41, 5.74) is 4.94. The predicted octanol–water partition coefficient (Wildman–Crippen LogP) is 8.85. The van der Waals surface area contributed by atoms with Crippen LogP contribution in [0.1, 0.15) is 33.4 Å². The topological polar surface area (TPSA) is 40.5 Å². The van der Waals surface area contributed by atoms with Crippen LogP contribution < -0.4 is 0 Å². The van der Waals surface area contributed by atoms with Crippen LogP contribution in [0.4, 0.5) is 0 Å². The normalized spacial score (nSPS) is 15.6. The molecule has 0 saturated heterocycles. The quantitative estimate of drug-likeness (QED) is 0.220. The van der Waals surface area contributed by atoms with Crippen LogP contribution in [0.2, 0.25) is 0 Å². The molecule has 0 aliphatic carbocycles. The Hall–Kier alpha value is -4.06. The zero-order valence-electron chi connectivity index (χ0n) is 22.6. The highest BCUT2D eigenvalue weighted by Gasteiger charge is 2.42. The summed E-state index contributed by atoms with van der Waals surface area (Å²) in [7, 11) is 0. The Kier molecular flexibility index (Phi) is 5.95. The van der Waals surface area contributed by atoms with Crippen molar-refractivity contribution >= 4 is 23.5 Å². The molecule has 0 amide bonds. The third kappa shape index (κ3) is 3.77. The molecule has 0 atom stereocenters. The van der Waals surface area contributed by atoms with Crippen LogP contribution in [-0.2, 0) is 11.2 Å². The van der Waals surface area contributed by atoms with Crippen molar-refractivity contribution in [1.29, 1.82) is 0 Å². The average Bonchev–Trinajstić information content (AvgIpc) is 3.05. The number of hydrogen-bond acceptors (Lipinski definition) is 4. The maximum atomic E-state index is 12.3. The van der Waals surface area contributed by atoms with E-state index in [9.17, 15) is 10.2 Å². The number of hydrogen-bond donors (Lipinski definition) is 2. The second-order valence-corrected chi connectivity index (χ2v) is 12.9. The standard InChI is InChI=1S/C38H26O2S2/c39-37(29-9-1-5-13-33(29)41-34-14-6-2-10-30(34)37)27-21-17-25(18-22-27)26-19-23-28(24-20-26)38(40)31-11-3-7-15-35(31)42-36-16-8-4-12-32(36)38/h1-24,39-40H. The van der Waals surface area contributed by atoms with Gasteiger partial charge in [-0.1, -0.05) is 145 Å². The Bertz CT molecular complexity index is 1730. The Morgan fingerprint density at radius 3 is 0.881 bits per heavy atom. The molecule has 0 aromatic heterocycles. The number of aliphatic hydroxyl groups is 2. The summed E-state index contributed by atoms with van der Waals surface area (Å²) < 4.78 is 0. The molecule has 4 heteroatoms. The second-order valence-electron chi connectivity index (χ2n) is 10.8. The van der Waals surface area contributed by atoms with E-state index in [0.29, 0.717) is 0 Å². The summed E-state index contributed by atoms with van der Waals surface area (Å²) in [6, 6.07) is 48.9. The number of fused-ring (bicyclic) bond motifs is 4. The minimum atomic E-state index is -1.23. The summed E-state index contributed by atoms with van der Waals surface area (Å²) in [4.78, 5) is 4.28. The zero-order valence-corrected chi connectivity index (χ0v) is 24.2. The van der Waals surface area contributed by atoms with E-state index in [1.54, 1.807) is 23.5 Å². The van der Waals surface area contributed by atoms with E-state index >= 15 is 0 Å². The third-order valence-electron chi connectivity index (χ3n) is 8.49. The molecule has 2 N–H and O–H groups in total. The molecule has 0 unspecified atom stereocenters. The fraction of sp³-hybridized carbons (Fsp3) is 0.0526. The van der Waals surface area contributed by atoms with Gasteiger partial charge in [-0.25, -0.2) is 0 Å². The maximum Gasteiger partial charge on any atom is 0.142 e. The van der Waals surface area contributed by atoms with Crippen molar-refractivity contribution in [2.75, 3.05) is 0 Å². The van der Waals surface area contributed by atoms with Crippen LogP contribution >= 0.6 is 23.5 Å². The van der Waals surface area contributed by atoms with Gasteiger partial charge in [0.05, 0.1) is 0 Å². The lowest BCUT2D eigenvalue weighted by atomic mass is 9.79. The minimum Gasteiger partial charge on any atom is -0.376 e. The van der Waals surface area contributed by atoms with Crippen molar-refractivity contribution in [1.82, 2.24) is 0 Å². The van der Waals surface area contributed by atoms with E-state index in [0.717, 1.165) is 64.1 Å². The fourth-order valence-electron chi connectivity index (χ4n) is 6.38. The van der Waals surface area contributed by atoms with E-state index < -0.39 is 11.2 Å². The highest BCUT2D eigenvalue weighted by atomic mass is 32.2. The molecule has 0 radical (unpaired) electrons. The summed E-state index contributed by atoms with van der Waals surface area (Å²) in [6.45, 7) is 0. The smallest absolute Gasteiger partial charge is 0.142 e. The van der Waals surface area contributed by atoms with E-state index in [-0.39, 0.29) is 0 Å². The molecule has 2 aliphatic heterocycles. The van der Waals surface area contributed by atoms with Crippen molar-refractivity contribution in [3.63, 3.8) is 0 Å². The molecule has 6 aromatic carbocycles. The van der Waals surface area contributed by atoms with Crippen LogP contribution in [0.3, 0.4) is 0 Å². The highest BCUT2D eigenvalue weighted by Crippen LogP contribution is 2.52. The number of benzene rings is 6. The molecule has 2 nitrogen and oxygen atoms in total. The van der Waals surface area contributed by atoms with Crippen LogP contribution in [0, 0.1) is 0 Å². The lowest BCUT2D eigenvalue weighted by molar-refractivity contribution is 0.118. The molecule has 2 heterocycles. The van der Waals surface area contributed by atoms with Crippen LogP contribution in [0.25, 0.3) is 11.1 Å². The lowest BCUT2D eigenvalue weighted by Crippen LogP contribution is -2.32. The second kappa shape index (κ2) is 9.75. The summed E-state index contributed by atoms with van der Waals surface area (Å²) in [6.07, 6.45) is 0. The molecule has 6 aromatic rings. The van der Waals surface area contributed by atoms with Gasteiger partial charge in [0.15, 0.2) is 0 Å². The SMILES string of the molecule is OC1(c2ccc(-c3ccc(C4(O)c5ccccc5Sc5ccccc54)cc3)cc2)c2ccccc2Sc2ccccc21. The van der Waals surface area contributed by atoms with Crippen molar-refractivity contribution in [3.05, 3.63) is 179 Å². The molecule has 42 heavy (non-hydrogen) atoms. The predicted molar refractivity (Wildman–Crippen MR) is 170 cm³/mol. The van der Waals surface area contributed by atoms with Crippen LogP contribution in [-0.4, -0.2) is 10.2 Å². The van der Waals surface area contributed by atoms with Gasteiger partial charge in [0, 0.05) is 41.8 Å². The van der Waals surface area contributed by atoms with Gasteiger partial charge < -0.3 is 10.2 Å². The van der Waals surface area contributed by atoms with Crippen molar-refractivity contribution < 1.29 is 10.2 Å². The molecule has 0 saturated carbocycles. The van der Waals surface area contributed by atoms with Crippen LogP contribution in [0.5, 0.6) is 0 Å². The highest BCUT2D eigenvalue weighted by molar-refractivity contribution is 7.99. The van der Waals surface area contributed by atoms with Gasteiger partial charge in [0.1, 0.15) is 11.2 Å². The molecule has 0 fully saturated rings. The molecule has 8 rings (SSSR count). The fourth-order valence-corrected chi connectivity index (χ4v) is 8.74. The molecule has 0 bridgehead atoms. The first-order valence-corrected chi connectivity index (χ1v) is 15.6. The molecular weight excluding hydrogens is 553 g/mol. The summed E-state index contributed by atoms with van der Waals surface area (Å²) in [5.74, 6) is 0. The Labute approximate surface area is 253 Å². The Morgan fingerprint density at radius 2 is 0.595 bits per heavy atom. The van der Waals surface area contributed by atoms with Crippen molar-refractivity contribution in [2.45, 2.75) is 30.8 Å². The third-order valence-corrected chi connectivity index (χ3v) is 10.8. The average molecular weight is 579 g/mol. The van der Waals surface area contributed by atoms with Gasteiger partial charge in [-0.2, -0.15) is 0 Å². The first-order valence-electron chi connectivity index (χ1n) is 14.0. The zero-order chi connectivity index (χ0) is 28.3. The van der Waals surface area contributed by atoms with Crippen molar-refractivity contribution in [2.24, 2.45) is 0 Å². The Morgan fingerprint density at radius 1 is 0.333 bits per heavy atom. The van der Waals surface area contributed by atoms with Crippen LogP contribution in [0.15, 0.2) is 165 Å². The molecule has 2 aliphatic rings. The minimum absolute atomic E-state index is 0.838. The largest absolute Gasteiger partial charge is 0.376 e. The van der Waals surface area contributed by atoms with Gasteiger partial charge in [-0.05, 0) is 46.5 Å². The lowest BCUT2D eigenvalue weighted by Gasteiger charge is -2.37. The van der Waals surface area contributed by atoms with E-state index in [4.69, 9.17) is 0 Å². The summed E-state index contributed by atoms with van der Waals surface area (Å²) in [5, 5.41) is 24.7. The first-order chi connectivity index (χ1) is 20.6. The Balaban J connectivity index is 1.17. The van der Waals surface area contributed by atoms with Gasteiger partial charge in [-0.3, -0.25) is 0 Å². The van der Waals surface area contributed by atoms with Crippen molar-refractivity contribution in [3.8, 4) is 11.1 Å². The van der Waals surface area contributed by atoms with Gasteiger partial charge >= 0.3 is 0 Å². The first kappa shape index (κ1) is 25.6. The van der Waals surface area contributed by atoms with E-state index in [2.05, 4.69) is 48.5 Å². The number of rotatable bonds is 3. The van der Waals surface area contributed by atoms with Gasteiger partial charge in [-0.15, -0.1) is 0 Å².